The van der Waals surface area contributed by atoms with Crippen molar-refractivity contribution in [2.45, 2.75) is 25.7 Å². The summed E-state index contributed by atoms with van der Waals surface area (Å²) in [6.45, 7) is 1.25. The summed E-state index contributed by atoms with van der Waals surface area (Å²) in [6.07, 6.45) is 5.81. The smallest absolute Gasteiger partial charge is 0.0544 e. The highest BCUT2D eigenvalue weighted by Gasteiger charge is 2.13. The van der Waals surface area contributed by atoms with Crippen molar-refractivity contribution in [3.05, 3.63) is 7.05 Å². The Bertz CT molecular complexity index is 55.4. The van der Waals surface area contributed by atoms with E-state index in [0.29, 0.717) is 0 Å². The molecule has 0 atom stereocenters. The lowest BCUT2D eigenvalue weighted by Crippen LogP contribution is -2.78. The molecule has 1 aliphatic rings. The second kappa shape index (κ2) is 3.08. The zero-order valence-corrected chi connectivity index (χ0v) is 5.40. The van der Waals surface area contributed by atoms with Gasteiger partial charge in [0.25, 0.3) is 0 Å². The number of hydrogen-bond acceptors (Lipinski definition) is 0. The molecule has 2 N–H and O–H groups in total. The first-order valence-electron chi connectivity index (χ1n) is 3.54. The number of hydrogen-bond donors (Lipinski definition) is 1. The second-order valence-corrected chi connectivity index (χ2v) is 2.67. The molecular weight excluding hydrogens is 98.1 g/mol. The Kier molecular flexibility index (Phi) is 2.34. The molecule has 1 fully saturated rings. The largest absolute Gasteiger partial charge is 0.479 e. The Hall–Kier alpha value is -0.0400. The molecule has 1 saturated carbocycles. The Morgan fingerprint density at radius 3 is 2.50 bits per heavy atom. The molecule has 0 bridgehead atoms. The Morgan fingerprint density at radius 1 is 1.38 bits per heavy atom. The predicted molar refractivity (Wildman–Crippen MR) is 34.1 cm³/mol. The molecule has 48 valence electrons. The van der Waals surface area contributed by atoms with Crippen LogP contribution in [-0.2, 0) is 0 Å². The van der Waals surface area contributed by atoms with E-state index < -0.39 is 0 Å². The Morgan fingerprint density at radius 2 is 2.00 bits per heavy atom. The van der Waals surface area contributed by atoms with Crippen LogP contribution in [0.1, 0.15) is 25.7 Å². The van der Waals surface area contributed by atoms with Crippen molar-refractivity contribution in [2.75, 3.05) is 6.54 Å². The zero-order chi connectivity index (χ0) is 5.82. The van der Waals surface area contributed by atoms with E-state index in [1.807, 2.05) is 0 Å². The molecule has 0 saturated heterocycles. The minimum Gasteiger partial charge on any atom is -0.479 e. The molecule has 0 aromatic carbocycles. The first kappa shape index (κ1) is 6.09. The van der Waals surface area contributed by atoms with Gasteiger partial charge in [0.15, 0.2) is 0 Å². The lowest BCUT2D eigenvalue weighted by atomic mass is 10.1. The van der Waals surface area contributed by atoms with Crippen LogP contribution in [0, 0.1) is 13.0 Å². The van der Waals surface area contributed by atoms with Gasteiger partial charge in [-0.2, -0.15) is 7.05 Å². The predicted octanol–water partition coefficient (Wildman–Crippen LogP) is 0.532. The van der Waals surface area contributed by atoms with Crippen LogP contribution < -0.4 is 5.32 Å². The Labute approximate surface area is 51.5 Å². The minimum absolute atomic E-state index is 0.993. The lowest BCUT2D eigenvalue weighted by molar-refractivity contribution is -0.601. The van der Waals surface area contributed by atoms with Gasteiger partial charge in [-0.1, -0.05) is 12.8 Å². The molecule has 0 spiro atoms. The molecule has 0 radical (unpaired) electrons. The van der Waals surface area contributed by atoms with Gasteiger partial charge in [-0.3, -0.25) is 0 Å². The number of rotatable bonds is 2. The topological polar surface area (TPSA) is 16.6 Å². The van der Waals surface area contributed by atoms with Gasteiger partial charge in [0, 0.05) is 5.92 Å². The third-order valence-corrected chi connectivity index (χ3v) is 1.97. The van der Waals surface area contributed by atoms with Gasteiger partial charge in [0.05, 0.1) is 6.54 Å². The first-order valence-corrected chi connectivity index (χ1v) is 3.54. The Balaban J connectivity index is 2.06. The fourth-order valence-corrected chi connectivity index (χ4v) is 1.48. The summed E-state index contributed by atoms with van der Waals surface area (Å²) in [5.74, 6) is 0.993. The van der Waals surface area contributed by atoms with Crippen LogP contribution in [0.3, 0.4) is 0 Å². The standard InChI is InChI=1S/C7H15N/c1-8-6-7-4-2-3-5-7/h7H,1-6,8H2. The van der Waals surface area contributed by atoms with Crippen molar-refractivity contribution >= 4 is 0 Å². The van der Waals surface area contributed by atoms with E-state index in [2.05, 4.69) is 12.4 Å². The quantitative estimate of drug-likeness (QED) is 0.503. The highest BCUT2D eigenvalue weighted by Crippen LogP contribution is 2.22. The average Bonchev–Trinajstić information content (AvgIpc) is 2.19. The molecule has 0 amide bonds. The summed E-state index contributed by atoms with van der Waals surface area (Å²) >= 11 is 0. The van der Waals surface area contributed by atoms with Crippen molar-refractivity contribution < 1.29 is 5.32 Å². The van der Waals surface area contributed by atoms with E-state index in [-0.39, 0.29) is 0 Å². The average molecular weight is 113 g/mol. The lowest BCUT2D eigenvalue weighted by Gasteiger charge is -2.05. The maximum Gasteiger partial charge on any atom is 0.0544 e. The van der Waals surface area contributed by atoms with Gasteiger partial charge >= 0.3 is 0 Å². The van der Waals surface area contributed by atoms with E-state index in [1.165, 1.54) is 32.2 Å². The SMILES string of the molecule is [CH2-][NH2+]CC1CCCC1. The maximum absolute atomic E-state index is 3.72. The van der Waals surface area contributed by atoms with Gasteiger partial charge in [-0.25, -0.2) is 0 Å². The van der Waals surface area contributed by atoms with Crippen LogP contribution >= 0.6 is 0 Å². The van der Waals surface area contributed by atoms with Crippen LogP contribution in [0.15, 0.2) is 0 Å². The van der Waals surface area contributed by atoms with Gasteiger partial charge in [-0.15, -0.1) is 0 Å². The molecule has 1 rings (SSSR count). The third kappa shape index (κ3) is 1.48. The molecule has 1 aliphatic carbocycles. The highest BCUT2D eigenvalue weighted by atomic mass is 14.8. The fraction of sp³-hybridized carbons (Fsp3) is 0.857. The van der Waals surface area contributed by atoms with Gasteiger partial charge in [0.2, 0.25) is 0 Å². The molecule has 0 aromatic rings. The summed E-state index contributed by atoms with van der Waals surface area (Å²) in [7, 11) is 3.72. The summed E-state index contributed by atoms with van der Waals surface area (Å²) in [5, 5.41) is 2.05. The summed E-state index contributed by atoms with van der Waals surface area (Å²) in [5.41, 5.74) is 0. The van der Waals surface area contributed by atoms with E-state index in [9.17, 15) is 0 Å². The van der Waals surface area contributed by atoms with Crippen LogP contribution in [0.2, 0.25) is 0 Å². The molecule has 1 nitrogen and oxygen atoms in total. The van der Waals surface area contributed by atoms with E-state index in [4.69, 9.17) is 0 Å². The molecule has 0 aromatic heterocycles. The van der Waals surface area contributed by atoms with Crippen molar-refractivity contribution in [1.82, 2.24) is 0 Å². The first-order chi connectivity index (χ1) is 3.93. The van der Waals surface area contributed by atoms with Crippen LogP contribution in [0.4, 0.5) is 0 Å². The number of nitrogens with two attached hydrogens (primary N) is 1. The van der Waals surface area contributed by atoms with Crippen LogP contribution in [0.5, 0.6) is 0 Å². The maximum atomic E-state index is 3.72. The minimum atomic E-state index is 0.993. The van der Waals surface area contributed by atoms with Crippen molar-refractivity contribution in [2.24, 2.45) is 5.92 Å². The molecule has 1 heteroatoms. The van der Waals surface area contributed by atoms with Gasteiger partial charge < -0.3 is 5.32 Å². The van der Waals surface area contributed by atoms with Crippen molar-refractivity contribution in [1.29, 1.82) is 0 Å². The van der Waals surface area contributed by atoms with Gasteiger partial charge in [-0.05, 0) is 12.8 Å². The molecule has 0 unspecified atom stereocenters. The van der Waals surface area contributed by atoms with Crippen LogP contribution in [0.25, 0.3) is 0 Å². The summed E-state index contributed by atoms with van der Waals surface area (Å²) < 4.78 is 0. The van der Waals surface area contributed by atoms with E-state index in [0.717, 1.165) is 5.92 Å². The monoisotopic (exact) mass is 113 g/mol. The third-order valence-electron chi connectivity index (χ3n) is 1.97. The molecule has 0 heterocycles. The number of quaternary nitrogens is 1. The highest BCUT2D eigenvalue weighted by molar-refractivity contribution is 4.64. The molecule has 0 aliphatic heterocycles. The van der Waals surface area contributed by atoms with E-state index in [1.54, 1.807) is 0 Å². The summed E-state index contributed by atoms with van der Waals surface area (Å²) in [4.78, 5) is 0. The van der Waals surface area contributed by atoms with Crippen molar-refractivity contribution in [3.8, 4) is 0 Å². The zero-order valence-electron chi connectivity index (χ0n) is 5.40. The normalized spacial score (nSPS) is 22.1. The van der Waals surface area contributed by atoms with Gasteiger partial charge in [0.1, 0.15) is 0 Å². The molecular formula is C7H15N. The van der Waals surface area contributed by atoms with Crippen LogP contribution in [-0.4, -0.2) is 6.54 Å². The summed E-state index contributed by atoms with van der Waals surface area (Å²) in [6, 6.07) is 0. The van der Waals surface area contributed by atoms with E-state index >= 15 is 0 Å². The molecule has 8 heavy (non-hydrogen) atoms. The second-order valence-electron chi connectivity index (χ2n) is 2.67. The van der Waals surface area contributed by atoms with Crippen molar-refractivity contribution in [3.63, 3.8) is 0 Å². The fourth-order valence-electron chi connectivity index (χ4n) is 1.48.